The number of benzene rings is 1. The van der Waals surface area contributed by atoms with E-state index < -0.39 is 17.1 Å². The maximum Gasteiger partial charge on any atom is 0.240 e. The van der Waals surface area contributed by atoms with Gasteiger partial charge in [0, 0.05) is 27.5 Å². The van der Waals surface area contributed by atoms with Gasteiger partial charge in [-0.15, -0.1) is 0 Å². The molecule has 0 saturated carbocycles. The maximum atomic E-state index is 10.5. The Morgan fingerprint density at radius 2 is 1.87 bits per heavy atom. The molecule has 0 aliphatic heterocycles. The van der Waals surface area contributed by atoms with Gasteiger partial charge in [0.05, 0.1) is 0 Å². The van der Waals surface area contributed by atoms with Crippen molar-refractivity contribution in [2.45, 2.75) is 19.1 Å². The van der Waals surface area contributed by atoms with Crippen molar-refractivity contribution in [2.75, 3.05) is 0 Å². The Morgan fingerprint density at radius 1 is 1.40 bits per heavy atom. The van der Waals surface area contributed by atoms with E-state index in [9.17, 15) is 15.2 Å². The highest BCUT2D eigenvalue weighted by Crippen LogP contribution is 2.32. The van der Waals surface area contributed by atoms with Crippen LogP contribution in [0.25, 0.3) is 0 Å². The molecule has 0 spiro atoms. The van der Waals surface area contributed by atoms with E-state index in [1.165, 1.54) is 19.1 Å². The van der Waals surface area contributed by atoms with Crippen LogP contribution in [0.2, 0.25) is 10.0 Å². The fourth-order valence-corrected chi connectivity index (χ4v) is 1.77. The van der Waals surface area contributed by atoms with E-state index in [2.05, 4.69) is 0 Å². The average Bonchev–Trinajstić information content (AvgIpc) is 2.15. The Hall–Kier alpha value is -0.840. The topological polar surface area (TPSA) is 63.4 Å². The predicted octanol–water partition coefficient (Wildman–Crippen LogP) is 2.69. The van der Waals surface area contributed by atoms with Crippen molar-refractivity contribution in [3.63, 3.8) is 0 Å². The number of nitrogens with zero attached hydrogens (tertiary/aromatic N) is 1. The number of halogens is 2. The molecule has 0 aliphatic carbocycles. The summed E-state index contributed by atoms with van der Waals surface area (Å²) in [5.74, 6) is 0. The van der Waals surface area contributed by atoms with E-state index in [1.54, 1.807) is 6.07 Å². The van der Waals surface area contributed by atoms with E-state index >= 15 is 0 Å². The molecule has 15 heavy (non-hydrogen) atoms. The van der Waals surface area contributed by atoms with E-state index in [0.717, 1.165) is 0 Å². The Morgan fingerprint density at radius 3 is 2.27 bits per heavy atom. The molecular formula is C9H9Cl2NO3. The van der Waals surface area contributed by atoms with E-state index in [4.69, 9.17) is 23.2 Å². The first kappa shape index (κ1) is 12.2. The Labute approximate surface area is 96.6 Å². The van der Waals surface area contributed by atoms with Crippen LogP contribution in [0.5, 0.6) is 0 Å². The van der Waals surface area contributed by atoms with Gasteiger partial charge in [0.1, 0.15) is 6.10 Å². The van der Waals surface area contributed by atoms with Gasteiger partial charge in [0.2, 0.25) is 6.04 Å². The second-order valence-electron chi connectivity index (χ2n) is 3.11. The third-order valence-electron chi connectivity index (χ3n) is 2.08. The molecule has 1 N–H and O–H groups in total. The zero-order valence-corrected chi connectivity index (χ0v) is 9.37. The number of hydrogen-bond donors (Lipinski definition) is 1. The van der Waals surface area contributed by atoms with Crippen LogP contribution in [0, 0.1) is 10.1 Å². The Bertz CT molecular complexity index is 363. The number of nitro groups is 1. The standard InChI is InChI=1S/C9H9Cl2NO3/c1-5(12(14)15)9(13)8-6(10)3-2-4-7(8)11/h2-5,9,13H,1H3/t5-,9-/m0/s1. The van der Waals surface area contributed by atoms with Crippen LogP contribution in [0.1, 0.15) is 18.6 Å². The molecule has 6 heteroatoms. The summed E-state index contributed by atoms with van der Waals surface area (Å²) in [6, 6.07) is 3.51. The molecule has 4 nitrogen and oxygen atoms in total. The monoisotopic (exact) mass is 249 g/mol. The zero-order chi connectivity index (χ0) is 11.6. The highest BCUT2D eigenvalue weighted by molar-refractivity contribution is 6.36. The summed E-state index contributed by atoms with van der Waals surface area (Å²) < 4.78 is 0. The average molecular weight is 250 g/mol. The second-order valence-corrected chi connectivity index (χ2v) is 3.92. The number of aliphatic hydroxyl groups excluding tert-OH is 1. The van der Waals surface area contributed by atoms with Gasteiger partial charge in [-0.3, -0.25) is 10.1 Å². The Kier molecular flexibility index (Phi) is 3.90. The third kappa shape index (κ3) is 2.59. The minimum absolute atomic E-state index is 0.199. The van der Waals surface area contributed by atoms with Crippen LogP contribution >= 0.6 is 23.2 Å². The molecule has 82 valence electrons. The van der Waals surface area contributed by atoms with Gasteiger partial charge in [0.25, 0.3) is 0 Å². The minimum Gasteiger partial charge on any atom is -0.381 e. The first-order chi connectivity index (χ1) is 6.95. The lowest BCUT2D eigenvalue weighted by Crippen LogP contribution is -2.24. The summed E-state index contributed by atoms with van der Waals surface area (Å²) in [4.78, 5) is 9.92. The molecule has 0 radical (unpaired) electrons. The zero-order valence-electron chi connectivity index (χ0n) is 7.85. The molecule has 0 unspecified atom stereocenters. The van der Waals surface area contributed by atoms with Crippen LogP contribution < -0.4 is 0 Å². The summed E-state index contributed by atoms with van der Waals surface area (Å²) in [7, 11) is 0. The fraction of sp³-hybridized carbons (Fsp3) is 0.333. The van der Waals surface area contributed by atoms with Gasteiger partial charge < -0.3 is 5.11 Å². The van der Waals surface area contributed by atoms with E-state index in [1.807, 2.05) is 0 Å². The molecule has 0 aromatic heterocycles. The molecule has 0 amide bonds. The van der Waals surface area contributed by atoms with Gasteiger partial charge in [-0.2, -0.15) is 0 Å². The summed E-state index contributed by atoms with van der Waals surface area (Å²) >= 11 is 11.6. The van der Waals surface area contributed by atoms with E-state index in [0.29, 0.717) is 0 Å². The highest BCUT2D eigenvalue weighted by Gasteiger charge is 2.29. The quantitative estimate of drug-likeness (QED) is 0.662. The van der Waals surface area contributed by atoms with Crippen molar-refractivity contribution in [2.24, 2.45) is 0 Å². The van der Waals surface area contributed by atoms with Gasteiger partial charge >= 0.3 is 0 Å². The molecule has 1 aromatic rings. The molecular weight excluding hydrogens is 241 g/mol. The summed E-state index contributed by atoms with van der Waals surface area (Å²) in [5, 5.41) is 20.7. The van der Waals surface area contributed by atoms with Crippen LogP contribution in [0.15, 0.2) is 18.2 Å². The molecule has 1 rings (SSSR count). The fourth-order valence-electron chi connectivity index (χ4n) is 1.15. The normalized spacial score (nSPS) is 14.7. The lowest BCUT2D eigenvalue weighted by Gasteiger charge is -2.15. The maximum absolute atomic E-state index is 10.5. The first-order valence-corrected chi connectivity index (χ1v) is 4.96. The lowest BCUT2D eigenvalue weighted by atomic mass is 10.0. The summed E-state index contributed by atoms with van der Waals surface area (Å²) in [6.45, 7) is 1.30. The van der Waals surface area contributed by atoms with Crippen molar-refractivity contribution < 1.29 is 10.0 Å². The molecule has 1 aromatic carbocycles. The number of rotatable bonds is 3. The molecule has 0 heterocycles. The van der Waals surface area contributed by atoms with Crippen LogP contribution in [-0.4, -0.2) is 16.1 Å². The number of aliphatic hydroxyl groups is 1. The third-order valence-corrected chi connectivity index (χ3v) is 2.74. The molecule has 2 atom stereocenters. The first-order valence-electron chi connectivity index (χ1n) is 4.20. The molecule has 0 bridgehead atoms. The van der Waals surface area contributed by atoms with Gasteiger partial charge in [0.15, 0.2) is 0 Å². The summed E-state index contributed by atoms with van der Waals surface area (Å²) in [6.07, 6.45) is -1.30. The van der Waals surface area contributed by atoms with Gasteiger partial charge in [-0.05, 0) is 12.1 Å². The SMILES string of the molecule is C[C@@H]([C@H](O)c1c(Cl)cccc1Cl)[N+](=O)[O-]. The van der Waals surface area contributed by atoms with Crippen LogP contribution in [0.3, 0.4) is 0 Å². The van der Waals surface area contributed by atoms with Crippen LogP contribution in [-0.2, 0) is 0 Å². The van der Waals surface area contributed by atoms with Crippen molar-refractivity contribution in [3.8, 4) is 0 Å². The predicted molar refractivity (Wildman–Crippen MR) is 57.9 cm³/mol. The van der Waals surface area contributed by atoms with Crippen LogP contribution in [0.4, 0.5) is 0 Å². The Balaban J connectivity index is 3.10. The van der Waals surface area contributed by atoms with Gasteiger partial charge in [-0.25, -0.2) is 0 Å². The summed E-state index contributed by atoms with van der Waals surface area (Å²) in [5.41, 5.74) is 0.199. The van der Waals surface area contributed by atoms with Crippen molar-refractivity contribution in [1.82, 2.24) is 0 Å². The van der Waals surface area contributed by atoms with Crippen molar-refractivity contribution in [3.05, 3.63) is 43.9 Å². The molecule has 0 aliphatic rings. The van der Waals surface area contributed by atoms with E-state index in [-0.39, 0.29) is 15.6 Å². The molecule has 0 fully saturated rings. The van der Waals surface area contributed by atoms with Crippen molar-refractivity contribution >= 4 is 23.2 Å². The van der Waals surface area contributed by atoms with Crippen molar-refractivity contribution in [1.29, 1.82) is 0 Å². The lowest BCUT2D eigenvalue weighted by molar-refractivity contribution is -0.531. The van der Waals surface area contributed by atoms with Gasteiger partial charge in [-0.1, -0.05) is 29.3 Å². The highest BCUT2D eigenvalue weighted by atomic mass is 35.5. The second kappa shape index (κ2) is 4.79. The number of hydrogen-bond acceptors (Lipinski definition) is 3. The smallest absolute Gasteiger partial charge is 0.240 e. The minimum atomic E-state index is -1.30. The molecule has 0 saturated heterocycles. The largest absolute Gasteiger partial charge is 0.381 e.